The van der Waals surface area contributed by atoms with Gasteiger partial charge in [0, 0.05) is 49.4 Å². The van der Waals surface area contributed by atoms with Crippen molar-refractivity contribution in [2.75, 3.05) is 27.7 Å². The number of fused-ring (bicyclic) bond motifs is 1. The molecule has 0 spiro atoms. The topological polar surface area (TPSA) is 119 Å². The minimum absolute atomic E-state index is 0.00852. The molecule has 12 heteroatoms. The summed E-state index contributed by atoms with van der Waals surface area (Å²) >= 11 is 7.27. The van der Waals surface area contributed by atoms with Crippen LogP contribution in [0.1, 0.15) is 39.6 Å². The predicted molar refractivity (Wildman–Crippen MR) is 138 cm³/mol. The Kier molecular flexibility index (Phi) is 8.32. The van der Waals surface area contributed by atoms with Crippen LogP contribution in [0.3, 0.4) is 0 Å². The Bertz CT molecular complexity index is 1150. The van der Waals surface area contributed by atoms with Crippen molar-refractivity contribution < 1.29 is 14.4 Å². The second-order valence-corrected chi connectivity index (χ2v) is 11.0. The van der Waals surface area contributed by atoms with Crippen LogP contribution < -0.4 is 10.6 Å². The van der Waals surface area contributed by atoms with Gasteiger partial charge in [0.05, 0.1) is 23.5 Å². The van der Waals surface area contributed by atoms with Gasteiger partial charge in [-0.3, -0.25) is 9.59 Å². The lowest BCUT2D eigenvalue weighted by molar-refractivity contribution is -0.134. The SMILES string of the molecule is CN1CCc2nc(C(=O)N[C@@H]3C[C@@H](C(=O)N(C)C)CC[C@@H]3NC(=O)/N=N/c3ccc(Cl)cc3)sc2C1. The number of carbonyl (C=O) groups excluding carboxylic acids is 3. The van der Waals surface area contributed by atoms with Gasteiger partial charge in [-0.15, -0.1) is 16.5 Å². The van der Waals surface area contributed by atoms with Crippen LogP contribution in [0.2, 0.25) is 5.02 Å². The van der Waals surface area contributed by atoms with E-state index in [4.69, 9.17) is 11.6 Å². The summed E-state index contributed by atoms with van der Waals surface area (Å²) in [6.45, 7) is 1.69. The third-order valence-electron chi connectivity index (χ3n) is 6.46. The molecule has 1 aromatic heterocycles. The minimum atomic E-state index is -0.612. The highest BCUT2D eigenvalue weighted by atomic mass is 35.5. The molecule has 192 valence electrons. The van der Waals surface area contributed by atoms with E-state index in [0.717, 1.165) is 30.1 Å². The molecule has 1 aromatic carbocycles. The first kappa shape index (κ1) is 26.2. The first-order valence-electron chi connectivity index (χ1n) is 11.9. The summed E-state index contributed by atoms with van der Waals surface area (Å²) in [7, 11) is 5.49. The lowest BCUT2D eigenvalue weighted by atomic mass is 9.81. The third kappa shape index (κ3) is 6.45. The second-order valence-electron chi connectivity index (χ2n) is 9.43. The zero-order chi connectivity index (χ0) is 25.8. The Balaban J connectivity index is 1.46. The molecule has 4 amide bonds. The largest absolute Gasteiger partial charge is 0.359 e. The fourth-order valence-electron chi connectivity index (χ4n) is 4.54. The van der Waals surface area contributed by atoms with Crippen molar-refractivity contribution in [1.29, 1.82) is 0 Å². The highest BCUT2D eigenvalue weighted by molar-refractivity contribution is 7.13. The van der Waals surface area contributed by atoms with Gasteiger partial charge in [0.2, 0.25) is 5.91 Å². The van der Waals surface area contributed by atoms with Crippen LogP contribution in [0, 0.1) is 5.92 Å². The molecule has 0 saturated heterocycles. The molecule has 4 rings (SSSR count). The molecule has 36 heavy (non-hydrogen) atoms. The van der Waals surface area contributed by atoms with E-state index >= 15 is 0 Å². The molecule has 0 bridgehead atoms. The van der Waals surface area contributed by atoms with Crippen LogP contribution in [0.4, 0.5) is 10.5 Å². The summed E-state index contributed by atoms with van der Waals surface area (Å²) in [5, 5.41) is 14.6. The highest BCUT2D eigenvalue weighted by Gasteiger charge is 2.37. The average Bonchev–Trinajstić information content (AvgIpc) is 3.27. The number of carbonyl (C=O) groups is 3. The lowest BCUT2D eigenvalue weighted by Crippen LogP contribution is -2.55. The van der Waals surface area contributed by atoms with Gasteiger partial charge in [-0.05, 0) is 50.6 Å². The monoisotopic (exact) mass is 531 g/mol. The Morgan fingerprint density at radius 1 is 1.14 bits per heavy atom. The fraction of sp³-hybridized carbons (Fsp3) is 0.500. The number of hydrogen-bond donors (Lipinski definition) is 2. The van der Waals surface area contributed by atoms with Crippen LogP contribution in [-0.4, -0.2) is 72.4 Å². The van der Waals surface area contributed by atoms with E-state index in [-0.39, 0.29) is 17.7 Å². The van der Waals surface area contributed by atoms with Crippen LogP contribution in [0.25, 0.3) is 0 Å². The van der Waals surface area contributed by atoms with Gasteiger partial charge >= 0.3 is 6.03 Å². The van der Waals surface area contributed by atoms with Crippen molar-refractivity contribution in [2.24, 2.45) is 16.1 Å². The molecule has 1 fully saturated rings. The fourth-order valence-corrected chi connectivity index (χ4v) is 5.76. The molecule has 1 aliphatic carbocycles. The zero-order valence-corrected chi connectivity index (χ0v) is 22.1. The molecule has 10 nitrogen and oxygen atoms in total. The summed E-state index contributed by atoms with van der Waals surface area (Å²) in [6, 6.07) is 5.20. The number of nitrogens with one attached hydrogen (secondary N) is 2. The van der Waals surface area contributed by atoms with E-state index in [1.54, 1.807) is 43.3 Å². The predicted octanol–water partition coefficient (Wildman–Crippen LogP) is 3.63. The quantitative estimate of drug-likeness (QED) is 0.571. The van der Waals surface area contributed by atoms with Crippen LogP contribution in [0.5, 0.6) is 0 Å². The van der Waals surface area contributed by atoms with E-state index in [1.165, 1.54) is 11.3 Å². The zero-order valence-electron chi connectivity index (χ0n) is 20.5. The summed E-state index contributed by atoms with van der Waals surface area (Å²) in [6.07, 6.45) is 2.35. The van der Waals surface area contributed by atoms with Crippen molar-refractivity contribution in [3.8, 4) is 0 Å². The number of azo groups is 1. The molecular weight excluding hydrogens is 502 g/mol. The standard InChI is InChI=1S/C24H30ClN7O3S/c1-31(2)23(34)14-4-9-17(28-24(35)30-29-16-7-5-15(25)6-8-16)19(12-14)26-21(33)22-27-18-10-11-32(3)13-20(18)36-22/h5-8,14,17,19H,4,9-13H2,1-3H3,(H,26,33)(H,28,35)/b30-29+/t14-,17-,19+/m0/s1. The molecule has 2 aromatic rings. The Morgan fingerprint density at radius 3 is 2.61 bits per heavy atom. The molecule has 1 saturated carbocycles. The maximum atomic E-state index is 13.2. The first-order valence-corrected chi connectivity index (χ1v) is 13.1. The molecular formula is C24H30ClN7O3S. The summed E-state index contributed by atoms with van der Waals surface area (Å²) in [4.78, 5) is 47.8. The smallest absolute Gasteiger partial charge is 0.349 e. The van der Waals surface area contributed by atoms with E-state index in [9.17, 15) is 14.4 Å². The number of amides is 4. The minimum Gasteiger partial charge on any atom is -0.349 e. The number of urea groups is 1. The Hall–Kier alpha value is -2.89. The number of aromatic nitrogens is 1. The Labute approximate surface area is 219 Å². The van der Waals surface area contributed by atoms with Crippen LogP contribution in [-0.2, 0) is 17.8 Å². The van der Waals surface area contributed by atoms with E-state index in [2.05, 4.69) is 30.7 Å². The van der Waals surface area contributed by atoms with Gasteiger partial charge in [-0.1, -0.05) is 16.7 Å². The van der Waals surface area contributed by atoms with E-state index < -0.39 is 18.1 Å². The second kappa shape index (κ2) is 11.4. The number of hydrogen-bond acceptors (Lipinski definition) is 7. The molecule has 1 aliphatic heterocycles. The molecule has 0 unspecified atom stereocenters. The molecule has 0 radical (unpaired) electrons. The first-order chi connectivity index (χ1) is 17.2. The number of rotatable bonds is 5. The number of halogens is 1. The van der Waals surface area contributed by atoms with Crippen LogP contribution in [0.15, 0.2) is 34.5 Å². The molecule has 2 N–H and O–H groups in total. The van der Waals surface area contributed by atoms with Crippen molar-refractivity contribution in [3.05, 3.63) is 44.9 Å². The van der Waals surface area contributed by atoms with Gasteiger partial charge in [-0.2, -0.15) is 0 Å². The van der Waals surface area contributed by atoms with Crippen molar-refractivity contribution >= 4 is 46.5 Å². The van der Waals surface area contributed by atoms with Gasteiger partial charge in [0.25, 0.3) is 5.91 Å². The number of benzene rings is 1. The van der Waals surface area contributed by atoms with Crippen molar-refractivity contribution in [2.45, 2.75) is 44.3 Å². The molecule has 2 aliphatic rings. The molecule has 2 heterocycles. The average molecular weight is 532 g/mol. The van der Waals surface area contributed by atoms with Gasteiger partial charge in [-0.25, -0.2) is 9.78 Å². The van der Waals surface area contributed by atoms with Gasteiger partial charge in [0.1, 0.15) is 0 Å². The number of nitrogens with zero attached hydrogens (tertiary/aromatic N) is 5. The van der Waals surface area contributed by atoms with Gasteiger partial charge in [0.15, 0.2) is 5.01 Å². The van der Waals surface area contributed by atoms with Crippen molar-refractivity contribution in [3.63, 3.8) is 0 Å². The Morgan fingerprint density at radius 2 is 1.89 bits per heavy atom. The maximum absolute atomic E-state index is 13.2. The molecule has 3 atom stereocenters. The summed E-state index contributed by atoms with van der Waals surface area (Å²) in [5.41, 5.74) is 1.47. The van der Waals surface area contributed by atoms with Crippen LogP contribution >= 0.6 is 22.9 Å². The number of thiazole rings is 1. The van der Waals surface area contributed by atoms with E-state index in [1.807, 2.05) is 7.05 Å². The lowest BCUT2D eigenvalue weighted by Gasteiger charge is -2.36. The van der Waals surface area contributed by atoms with Gasteiger partial charge < -0.3 is 20.4 Å². The maximum Gasteiger partial charge on any atom is 0.359 e. The normalized spacial score (nSPS) is 22.2. The van der Waals surface area contributed by atoms with E-state index in [0.29, 0.717) is 35.0 Å². The summed E-state index contributed by atoms with van der Waals surface area (Å²) in [5.74, 6) is -0.524. The number of likely N-dealkylation sites (N-methyl/N-ethyl adjacent to an activating group) is 1. The third-order valence-corrected chi connectivity index (χ3v) is 7.80. The van der Waals surface area contributed by atoms with Crippen molar-refractivity contribution in [1.82, 2.24) is 25.4 Å². The summed E-state index contributed by atoms with van der Waals surface area (Å²) < 4.78 is 0. The highest BCUT2D eigenvalue weighted by Crippen LogP contribution is 2.28.